The summed E-state index contributed by atoms with van der Waals surface area (Å²) in [7, 11) is 1.56. The lowest BCUT2D eigenvalue weighted by atomic mass is 10.2. The lowest BCUT2D eigenvalue weighted by Crippen LogP contribution is -2.12. The number of methoxy groups -OCH3 is 1. The first-order valence-corrected chi connectivity index (χ1v) is 6.70. The van der Waals surface area contributed by atoms with Crippen molar-refractivity contribution in [3.63, 3.8) is 0 Å². The van der Waals surface area contributed by atoms with Gasteiger partial charge in [-0.25, -0.2) is 4.79 Å². The molecule has 20 heavy (non-hydrogen) atoms. The second kappa shape index (κ2) is 5.86. The maximum absolute atomic E-state index is 12.1. The van der Waals surface area contributed by atoms with Gasteiger partial charge >= 0.3 is 5.97 Å². The van der Waals surface area contributed by atoms with Crippen molar-refractivity contribution < 1.29 is 19.4 Å². The van der Waals surface area contributed by atoms with Crippen molar-refractivity contribution in [1.82, 2.24) is 4.57 Å². The smallest absolute Gasteiger partial charge is 0.358 e. The van der Waals surface area contributed by atoms with Gasteiger partial charge in [0.2, 0.25) is 0 Å². The zero-order valence-corrected chi connectivity index (χ0v) is 12.0. The molecule has 0 amide bonds. The molecular weight excluding hydrogens is 258 g/mol. The highest BCUT2D eigenvalue weighted by atomic mass is 16.5. The first kappa shape index (κ1) is 14.2. The fourth-order valence-corrected chi connectivity index (χ4v) is 2.31. The zero-order chi connectivity index (χ0) is 14.7. The molecule has 5 heteroatoms. The number of nitrogens with zero attached hydrogens (tertiary/aromatic N) is 1. The Morgan fingerprint density at radius 3 is 2.70 bits per heavy atom. The highest BCUT2D eigenvalue weighted by Crippen LogP contribution is 2.35. The summed E-state index contributed by atoms with van der Waals surface area (Å²) in [6, 6.07) is 5.37. The Balaban J connectivity index is 2.67. The van der Waals surface area contributed by atoms with Crippen LogP contribution in [-0.2, 0) is 11.3 Å². The Morgan fingerprint density at radius 2 is 2.10 bits per heavy atom. The van der Waals surface area contributed by atoms with Gasteiger partial charge < -0.3 is 19.1 Å². The minimum absolute atomic E-state index is 0.0502. The maximum Gasteiger partial charge on any atom is 0.358 e. The van der Waals surface area contributed by atoms with E-state index in [1.54, 1.807) is 24.7 Å². The fraction of sp³-hybridized carbons (Fsp3) is 0.400. The average molecular weight is 277 g/mol. The van der Waals surface area contributed by atoms with Crippen LogP contribution in [0.15, 0.2) is 18.2 Å². The second-order valence-corrected chi connectivity index (χ2v) is 4.45. The molecule has 0 aliphatic carbocycles. The van der Waals surface area contributed by atoms with Crippen LogP contribution < -0.4 is 4.74 Å². The third kappa shape index (κ3) is 2.31. The predicted octanol–water partition coefficient (Wildman–Crippen LogP) is 2.94. The van der Waals surface area contributed by atoms with Gasteiger partial charge in [0.05, 0.1) is 19.2 Å². The first-order chi connectivity index (χ1) is 9.63. The monoisotopic (exact) mass is 277 g/mol. The van der Waals surface area contributed by atoms with Crippen LogP contribution in [0, 0.1) is 0 Å². The molecule has 0 fully saturated rings. The first-order valence-electron chi connectivity index (χ1n) is 6.70. The summed E-state index contributed by atoms with van der Waals surface area (Å²) in [6.07, 6.45) is 0.849. The molecule has 0 spiro atoms. The van der Waals surface area contributed by atoms with E-state index in [0.717, 1.165) is 11.9 Å². The van der Waals surface area contributed by atoms with Gasteiger partial charge in [0.1, 0.15) is 5.75 Å². The zero-order valence-electron chi connectivity index (χ0n) is 12.0. The quantitative estimate of drug-likeness (QED) is 0.854. The average Bonchev–Trinajstić information content (AvgIpc) is 2.72. The van der Waals surface area contributed by atoms with Crippen LogP contribution in [0.25, 0.3) is 10.9 Å². The van der Waals surface area contributed by atoms with Gasteiger partial charge in [-0.1, -0.05) is 6.92 Å². The standard InChI is InChI=1S/C15H19NO4/c1-4-8-16-12-7-6-10(19-3)9-11(12)14(17)13(16)15(18)20-5-2/h6-7,9,17H,4-5,8H2,1-3H3. The van der Waals surface area contributed by atoms with Gasteiger partial charge in [0.15, 0.2) is 11.4 Å². The van der Waals surface area contributed by atoms with E-state index in [1.165, 1.54) is 0 Å². The summed E-state index contributed by atoms with van der Waals surface area (Å²) < 4.78 is 12.0. The molecular formula is C15H19NO4. The second-order valence-electron chi connectivity index (χ2n) is 4.45. The van der Waals surface area contributed by atoms with Crippen molar-refractivity contribution in [2.75, 3.05) is 13.7 Å². The predicted molar refractivity (Wildman–Crippen MR) is 76.4 cm³/mol. The van der Waals surface area contributed by atoms with E-state index in [2.05, 4.69) is 0 Å². The van der Waals surface area contributed by atoms with E-state index < -0.39 is 5.97 Å². The number of aromatic nitrogens is 1. The van der Waals surface area contributed by atoms with E-state index in [1.807, 2.05) is 19.1 Å². The highest BCUT2D eigenvalue weighted by molar-refractivity contribution is 6.01. The van der Waals surface area contributed by atoms with Gasteiger partial charge in [0.25, 0.3) is 0 Å². The van der Waals surface area contributed by atoms with E-state index in [9.17, 15) is 9.90 Å². The van der Waals surface area contributed by atoms with Crippen molar-refractivity contribution >= 4 is 16.9 Å². The molecule has 0 radical (unpaired) electrons. The van der Waals surface area contributed by atoms with Crippen molar-refractivity contribution in [1.29, 1.82) is 0 Å². The number of carbonyl (C=O) groups excluding carboxylic acids is 1. The molecule has 1 heterocycles. The number of benzene rings is 1. The SMILES string of the molecule is CCCn1c(C(=O)OCC)c(O)c2cc(OC)ccc21. The van der Waals surface area contributed by atoms with Gasteiger partial charge in [-0.2, -0.15) is 0 Å². The Bertz CT molecular complexity index is 630. The number of esters is 1. The Kier molecular flexibility index (Phi) is 4.17. The molecule has 5 nitrogen and oxygen atoms in total. The molecule has 0 saturated carbocycles. The molecule has 0 atom stereocenters. The summed E-state index contributed by atoms with van der Waals surface area (Å²) in [4.78, 5) is 12.1. The van der Waals surface area contributed by atoms with Gasteiger partial charge in [-0.05, 0) is 31.5 Å². The van der Waals surface area contributed by atoms with Crippen LogP contribution in [0.3, 0.4) is 0 Å². The number of fused-ring (bicyclic) bond motifs is 1. The summed E-state index contributed by atoms with van der Waals surface area (Å²) >= 11 is 0. The molecule has 0 unspecified atom stereocenters. The Labute approximate surface area is 117 Å². The van der Waals surface area contributed by atoms with Crippen LogP contribution in [0.5, 0.6) is 11.5 Å². The van der Waals surface area contributed by atoms with E-state index in [-0.39, 0.29) is 18.1 Å². The van der Waals surface area contributed by atoms with E-state index >= 15 is 0 Å². The molecule has 0 bridgehead atoms. The number of ether oxygens (including phenoxy) is 2. The molecule has 1 aromatic carbocycles. The topological polar surface area (TPSA) is 60.7 Å². The normalized spacial score (nSPS) is 10.8. The number of carbonyl (C=O) groups is 1. The van der Waals surface area contributed by atoms with Gasteiger partial charge in [-0.3, -0.25) is 0 Å². The van der Waals surface area contributed by atoms with Crippen molar-refractivity contribution in [2.24, 2.45) is 0 Å². The number of hydrogen-bond donors (Lipinski definition) is 1. The van der Waals surface area contributed by atoms with Crippen molar-refractivity contribution in [2.45, 2.75) is 26.8 Å². The van der Waals surface area contributed by atoms with E-state index in [0.29, 0.717) is 17.7 Å². The third-order valence-electron chi connectivity index (χ3n) is 3.16. The molecule has 0 aliphatic heterocycles. The van der Waals surface area contributed by atoms with Gasteiger partial charge in [0, 0.05) is 11.9 Å². The number of rotatable bonds is 5. The van der Waals surface area contributed by atoms with Crippen molar-refractivity contribution in [3.8, 4) is 11.5 Å². The van der Waals surface area contributed by atoms with Gasteiger partial charge in [-0.15, -0.1) is 0 Å². The lowest BCUT2D eigenvalue weighted by Gasteiger charge is -2.08. The van der Waals surface area contributed by atoms with Crippen LogP contribution >= 0.6 is 0 Å². The summed E-state index contributed by atoms with van der Waals surface area (Å²) in [5, 5.41) is 10.9. The summed E-state index contributed by atoms with van der Waals surface area (Å²) in [6.45, 7) is 4.67. The van der Waals surface area contributed by atoms with Crippen LogP contribution in [0.4, 0.5) is 0 Å². The van der Waals surface area contributed by atoms with Crippen LogP contribution in [-0.4, -0.2) is 29.4 Å². The lowest BCUT2D eigenvalue weighted by molar-refractivity contribution is 0.0511. The molecule has 0 aliphatic rings. The fourth-order valence-electron chi connectivity index (χ4n) is 2.31. The molecule has 1 N–H and O–H groups in total. The third-order valence-corrected chi connectivity index (χ3v) is 3.16. The molecule has 1 aromatic heterocycles. The number of aromatic hydroxyl groups is 1. The minimum atomic E-state index is -0.506. The Morgan fingerprint density at radius 1 is 1.35 bits per heavy atom. The van der Waals surface area contributed by atoms with Crippen LogP contribution in [0.1, 0.15) is 30.8 Å². The maximum atomic E-state index is 12.1. The summed E-state index contributed by atoms with van der Waals surface area (Å²) in [5.74, 6) is 0.0799. The van der Waals surface area contributed by atoms with Crippen LogP contribution in [0.2, 0.25) is 0 Å². The van der Waals surface area contributed by atoms with Crippen molar-refractivity contribution in [3.05, 3.63) is 23.9 Å². The molecule has 2 rings (SSSR count). The largest absolute Gasteiger partial charge is 0.505 e. The molecule has 108 valence electrons. The van der Waals surface area contributed by atoms with E-state index in [4.69, 9.17) is 9.47 Å². The molecule has 2 aromatic rings. The minimum Gasteiger partial charge on any atom is -0.505 e. The Hall–Kier alpha value is -2.17. The highest BCUT2D eigenvalue weighted by Gasteiger charge is 2.23. The number of aryl methyl sites for hydroxylation is 1. The summed E-state index contributed by atoms with van der Waals surface area (Å²) in [5.41, 5.74) is 1.00. The number of hydrogen-bond acceptors (Lipinski definition) is 4. The molecule has 0 saturated heterocycles.